The van der Waals surface area contributed by atoms with Gasteiger partial charge in [0.05, 0.1) is 6.20 Å². The van der Waals surface area contributed by atoms with Gasteiger partial charge in [0.1, 0.15) is 10.7 Å². The zero-order valence-electron chi connectivity index (χ0n) is 9.94. The molecule has 0 saturated heterocycles. The van der Waals surface area contributed by atoms with E-state index in [0.717, 1.165) is 5.56 Å². The molecule has 2 aromatic rings. The Hall–Kier alpha value is -0.860. The summed E-state index contributed by atoms with van der Waals surface area (Å²) in [4.78, 5) is 0.165. The van der Waals surface area contributed by atoms with Gasteiger partial charge in [-0.3, -0.25) is 9.82 Å². The van der Waals surface area contributed by atoms with Crippen molar-refractivity contribution >= 4 is 47.7 Å². The van der Waals surface area contributed by atoms with Crippen molar-refractivity contribution in [3.63, 3.8) is 0 Å². The number of nitrogens with zero attached hydrogens (tertiary/aromatic N) is 1. The molecule has 8 heteroatoms. The van der Waals surface area contributed by atoms with Crippen LogP contribution in [-0.4, -0.2) is 18.6 Å². The maximum Gasteiger partial charge on any atom is 0.264 e. The van der Waals surface area contributed by atoms with Crippen molar-refractivity contribution in [1.82, 2.24) is 10.2 Å². The Morgan fingerprint density at radius 3 is 2.79 bits per heavy atom. The SMILES string of the molecule is CCc1cn[nH]c1NS(=O)(=O)c1cc(Br)ccc1Br. The zero-order valence-corrected chi connectivity index (χ0v) is 13.9. The fraction of sp³-hybridized carbons (Fsp3) is 0.182. The molecule has 0 atom stereocenters. The minimum absolute atomic E-state index is 0.165. The summed E-state index contributed by atoms with van der Waals surface area (Å²) in [7, 11) is -3.67. The fourth-order valence-electron chi connectivity index (χ4n) is 1.54. The number of aromatic nitrogens is 2. The normalized spacial score (nSPS) is 11.5. The second kappa shape index (κ2) is 5.64. The van der Waals surface area contributed by atoms with Crippen LogP contribution in [-0.2, 0) is 16.4 Å². The minimum atomic E-state index is -3.67. The van der Waals surface area contributed by atoms with E-state index in [1.807, 2.05) is 6.92 Å². The second-order valence-corrected chi connectivity index (χ2v) is 7.22. The summed E-state index contributed by atoms with van der Waals surface area (Å²) in [6.45, 7) is 1.93. The van der Waals surface area contributed by atoms with Gasteiger partial charge in [-0.1, -0.05) is 22.9 Å². The highest BCUT2D eigenvalue weighted by molar-refractivity contribution is 9.11. The van der Waals surface area contributed by atoms with Crippen LogP contribution in [0.3, 0.4) is 0 Å². The summed E-state index contributed by atoms with van der Waals surface area (Å²) in [6, 6.07) is 4.97. The average Bonchev–Trinajstić information content (AvgIpc) is 2.78. The third kappa shape index (κ3) is 3.18. The summed E-state index contributed by atoms with van der Waals surface area (Å²) < 4.78 is 28.4. The first-order chi connectivity index (χ1) is 8.94. The number of hydrogen-bond acceptors (Lipinski definition) is 3. The molecule has 102 valence electrons. The van der Waals surface area contributed by atoms with Gasteiger partial charge in [-0.05, 0) is 40.5 Å². The van der Waals surface area contributed by atoms with Gasteiger partial charge in [0, 0.05) is 14.5 Å². The van der Waals surface area contributed by atoms with Crippen LogP contribution >= 0.6 is 31.9 Å². The number of nitrogens with one attached hydrogen (secondary N) is 2. The predicted molar refractivity (Wildman–Crippen MR) is 80.6 cm³/mol. The molecule has 1 aromatic carbocycles. The summed E-state index contributed by atoms with van der Waals surface area (Å²) in [5.41, 5.74) is 0.815. The van der Waals surface area contributed by atoms with E-state index in [-0.39, 0.29) is 4.90 Å². The van der Waals surface area contributed by atoms with Crippen LogP contribution in [0.25, 0.3) is 0 Å². The van der Waals surface area contributed by atoms with E-state index in [2.05, 4.69) is 46.8 Å². The summed E-state index contributed by atoms with van der Waals surface area (Å²) in [6.07, 6.45) is 2.29. The Labute approximate surface area is 128 Å². The van der Waals surface area contributed by atoms with Crippen LogP contribution in [0.4, 0.5) is 5.82 Å². The molecule has 0 radical (unpaired) electrons. The van der Waals surface area contributed by atoms with Crippen molar-refractivity contribution in [2.45, 2.75) is 18.2 Å². The molecule has 0 unspecified atom stereocenters. The Morgan fingerprint density at radius 1 is 1.37 bits per heavy atom. The molecule has 5 nitrogen and oxygen atoms in total. The molecule has 0 spiro atoms. The Bertz CT molecular complexity index is 698. The lowest BCUT2D eigenvalue weighted by Gasteiger charge is -2.09. The molecule has 1 aromatic heterocycles. The summed E-state index contributed by atoms with van der Waals surface area (Å²) in [5, 5.41) is 6.49. The van der Waals surface area contributed by atoms with Crippen molar-refractivity contribution in [2.75, 3.05) is 4.72 Å². The highest BCUT2D eigenvalue weighted by atomic mass is 79.9. The molecule has 2 rings (SSSR count). The van der Waals surface area contributed by atoms with Crippen LogP contribution in [0.15, 0.2) is 38.2 Å². The number of rotatable bonds is 4. The van der Waals surface area contributed by atoms with Crippen molar-refractivity contribution in [2.24, 2.45) is 0 Å². The topological polar surface area (TPSA) is 74.8 Å². The maximum absolute atomic E-state index is 12.3. The highest BCUT2D eigenvalue weighted by Crippen LogP contribution is 2.27. The smallest absolute Gasteiger partial charge is 0.263 e. The minimum Gasteiger partial charge on any atom is -0.263 e. The first kappa shape index (κ1) is 14.5. The Morgan fingerprint density at radius 2 is 2.11 bits per heavy atom. The lowest BCUT2D eigenvalue weighted by atomic mass is 10.3. The first-order valence-electron chi connectivity index (χ1n) is 5.44. The number of sulfonamides is 1. The first-order valence-corrected chi connectivity index (χ1v) is 8.51. The van der Waals surface area contributed by atoms with E-state index in [4.69, 9.17) is 0 Å². The summed E-state index contributed by atoms with van der Waals surface area (Å²) >= 11 is 6.50. The zero-order chi connectivity index (χ0) is 14.0. The molecule has 0 bridgehead atoms. The van der Waals surface area contributed by atoms with Crippen molar-refractivity contribution in [1.29, 1.82) is 0 Å². The number of benzene rings is 1. The molecule has 19 heavy (non-hydrogen) atoms. The van der Waals surface area contributed by atoms with E-state index < -0.39 is 10.0 Å². The van der Waals surface area contributed by atoms with E-state index >= 15 is 0 Å². The van der Waals surface area contributed by atoms with Crippen LogP contribution in [0.1, 0.15) is 12.5 Å². The molecule has 2 N–H and O–H groups in total. The number of hydrogen-bond donors (Lipinski definition) is 2. The van der Waals surface area contributed by atoms with Crippen molar-refractivity contribution < 1.29 is 8.42 Å². The van der Waals surface area contributed by atoms with Gasteiger partial charge < -0.3 is 0 Å². The van der Waals surface area contributed by atoms with E-state index in [0.29, 0.717) is 21.2 Å². The lowest BCUT2D eigenvalue weighted by molar-refractivity contribution is 0.600. The quantitative estimate of drug-likeness (QED) is 0.814. The number of aromatic amines is 1. The second-order valence-electron chi connectivity index (χ2n) is 3.80. The number of aryl methyl sites for hydroxylation is 1. The van der Waals surface area contributed by atoms with Gasteiger partial charge >= 0.3 is 0 Å². The van der Waals surface area contributed by atoms with Gasteiger partial charge in [-0.2, -0.15) is 5.10 Å². The van der Waals surface area contributed by atoms with Gasteiger partial charge in [0.2, 0.25) is 0 Å². The largest absolute Gasteiger partial charge is 0.264 e. The van der Waals surface area contributed by atoms with Gasteiger partial charge in [-0.15, -0.1) is 0 Å². The van der Waals surface area contributed by atoms with E-state index in [1.54, 1.807) is 18.3 Å². The third-order valence-electron chi connectivity index (χ3n) is 2.52. The molecule has 0 aliphatic rings. The molecule has 1 heterocycles. The monoisotopic (exact) mass is 407 g/mol. The van der Waals surface area contributed by atoms with Crippen molar-refractivity contribution in [3.8, 4) is 0 Å². The lowest BCUT2D eigenvalue weighted by Crippen LogP contribution is -2.15. The van der Waals surface area contributed by atoms with Gasteiger partial charge in [0.25, 0.3) is 10.0 Å². The third-order valence-corrected chi connectivity index (χ3v) is 5.35. The number of halogens is 2. The number of H-pyrrole nitrogens is 1. The van der Waals surface area contributed by atoms with Crippen LogP contribution in [0.2, 0.25) is 0 Å². The Kier molecular flexibility index (Phi) is 4.32. The van der Waals surface area contributed by atoms with Gasteiger partial charge in [-0.25, -0.2) is 8.42 Å². The van der Waals surface area contributed by atoms with E-state index in [1.165, 1.54) is 6.07 Å². The predicted octanol–water partition coefficient (Wildman–Crippen LogP) is 3.30. The Balaban J connectivity index is 2.41. The fourth-order valence-corrected chi connectivity index (χ4v) is 4.10. The highest BCUT2D eigenvalue weighted by Gasteiger charge is 2.20. The molecule has 0 fully saturated rings. The molecule has 0 amide bonds. The molecular formula is C11H11Br2N3O2S. The van der Waals surface area contributed by atoms with Crippen molar-refractivity contribution in [3.05, 3.63) is 38.9 Å². The molecule has 0 aliphatic heterocycles. The van der Waals surface area contributed by atoms with Crippen LogP contribution < -0.4 is 4.72 Å². The molecular weight excluding hydrogens is 398 g/mol. The maximum atomic E-state index is 12.3. The molecule has 0 aliphatic carbocycles. The summed E-state index contributed by atoms with van der Waals surface area (Å²) in [5.74, 6) is 0.398. The molecule has 0 saturated carbocycles. The average molecular weight is 409 g/mol. The van der Waals surface area contributed by atoms with E-state index in [9.17, 15) is 8.42 Å². The van der Waals surface area contributed by atoms with Crippen LogP contribution in [0.5, 0.6) is 0 Å². The van der Waals surface area contributed by atoms with Gasteiger partial charge in [0.15, 0.2) is 0 Å². The number of anilines is 1. The van der Waals surface area contributed by atoms with Crippen LogP contribution in [0, 0.1) is 0 Å². The standard InChI is InChI=1S/C11H11Br2N3O2S/c1-2-7-6-14-15-11(7)16-19(17,18)10-5-8(12)3-4-9(10)13/h3-6H,2H2,1H3,(H2,14,15,16).